The molecular formula is C14H12N6OS. The fourth-order valence-electron chi connectivity index (χ4n) is 1.67. The van der Waals surface area contributed by atoms with E-state index < -0.39 is 0 Å². The molecule has 3 heterocycles. The molecular weight excluding hydrogens is 300 g/mol. The Morgan fingerprint density at radius 3 is 2.68 bits per heavy atom. The predicted molar refractivity (Wildman–Crippen MR) is 82.8 cm³/mol. The second-order valence-electron chi connectivity index (χ2n) is 4.27. The molecule has 0 aliphatic carbocycles. The fourth-order valence-corrected chi connectivity index (χ4v) is 2.35. The molecule has 110 valence electrons. The Morgan fingerprint density at radius 2 is 1.91 bits per heavy atom. The summed E-state index contributed by atoms with van der Waals surface area (Å²) in [5.41, 5.74) is 1.34. The third-order valence-electron chi connectivity index (χ3n) is 2.72. The molecule has 0 spiro atoms. The number of anilines is 2. The second-order valence-corrected chi connectivity index (χ2v) is 5.13. The lowest BCUT2D eigenvalue weighted by Crippen LogP contribution is -2.23. The predicted octanol–water partition coefficient (Wildman–Crippen LogP) is 2.00. The number of thiazole rings is 1. The summed E-state index contributed by atoms with van der Waals surface area (Å²) in [4.78, 5) is 28.3. The molecule has 1 amide bonds. The first-order valence-corrected chi connectivity index (χ1v) is 7.36. The maximum Gasteiger partial charge on any atom is 0.271 e. The molecule has 0 saturated carbocycles. The van der Waals surface area contributed by atoms with Crippen LogP contribution in [0.15, 0.2) is 48.4 Å². The zero-order valence-electron chi connectivity index (χ0n) is 11.4. The topological polar surface area (TPSA) is 92.7 Å². The molecule has 3 aromatic heterocycles. The van der Waals surface area contributed by atoms with E-state index in [4.69, 9.17) is 0 Å². The van der Waals surface area contributed by atoms with Crippen LogP contribution >= 0.6 is 11.3 Å². The van der Waals surface area contributed by atoms with Crippen molar-refractivity contribution in [3.8, 4) is 0 Å². The molecule has 22 heavy (non-hydrogen) atoms. The lowest BCUT2D eigenvalue weighted by atomic mass is 10.2. The third kappa shape index (κ3) is 3.61. The number of rotatable bonds is 5. The first kappa shape index (κ1) is 14.1. The number of carbonyl (C=O) groups excluding carboxylic acids is 1. The monoisotopic (exact) mass is 312 g/mol. The van der Waals surface area contributed by atoms with Crippen LogP contribution < -0.4 is 10.6 Å². The van der Waals surface area contributed by atoms with Gasteiger partial charge in [0, 0.05) is 36.7 Å². The first-order chi connectivity index (χ1) is 10.8. The van der Waals surface area contributed by atoms with Gasteiger partial charge in [-0.2, -0.15) is 0 Å². The van der Waals surface area contributed by atoms with E-state index in [-0.39, 0.29) is 5.91 Å². The van der Waals surface area contributed by atoms with Crippen LogP contribution in [0.4, 0.5) is 11.1 Å². The van der Waals surface area contributed by atoms with Crippen LogP contribution in [0, 0.1) is 0 Å². The van der Waals surface area contributed by atoms with Crippen molar-refractivity contribution in [1.29, 1.82) is 0 Å². The number of pyridine rings is 1. The number of aromatic nitrogens is 4. The molecule has 0 saturated heterocycles. The van der Waals surface area contributed by atoms with E-state index in [0.29, 0.717) is 23.3 Å². The minimum atomic E-state index is -0.227. The van der Waals surface area contributed by atoms with Gasteiger partial charge in [-0.3, -0.25) is 9.78 Å². The van der Waals surface area contributed by atoms with Crippen LogP contribution in [0.2, 0.25) is 0 Å². The van der Waals surface area contributed by atoms with E-state index in [1.165, 1.54) is 11.3 Å². The van der Waals surface area contributed by atoms with Crippen LogP contribution in [0.5, 0.6) is 0 Å². The zero-order valence-corrected chi connectivity index (χ0v) is 12.2. The molecule has 2 N–H and O–H groups in total. The van der Waals surface area contributed by atoms with Gasteiger partial charge in [-0.1, -0.05) is 0 Å². The van der Waals surface area contributed by atoms with E-state index >= 15 is 0 Å². The van der Waals surface area contributed by atoms with Gasteiger partial charge in [0.15, 0.2) is 5.13 Å². The standard InChI is InChI=1S/C14H12N6OS/c21-12(18-8-10-2-6-15-7-3-10)11-9-22-14(19-11)20-13-16-4-1-5-17-13/h1-7,9H,8H2,(H,18,21)(H,16,17,19,20). The van der Waals surface area contributed by atoms with Crippen molar-refractivity contribution < 1.29 is 4.79 Å². The van der Waals surface area contributed by atoms with E-state index in [1.54, 1.807) is 36.2 Å². The van der Waals surface area contributed by atoms with Gasteiger partial charge in [-0.15, -0.1) is 11.3 Å². The Bertz CT molecular complexity index is 746. The Balaban J connectivity index is 1.60. The summed E-state index contributed by atoms with van der Waals surface area (Å²) in [6, 6.07) is 5.42. The van der Waals surface area contributed by atoms with Crippen molar-refractivity contribution in [3.63, 3.8) is 0 Å². The van der Waals surface area contributed by atoms with Crippen molar-refractivity contribution in [1.82, 2.24) is 25.3 Å². The number of amides is 1. The molecule has 3 rings (SSSR count). The Kier molecular flexibility index (Phi) is 4.30. The van der Waals surface area contributed by atoms with Crippen LogP contribution in [-0.2, 0) is 6.54 Å². The van der Waals surface area contributed by atoms with Crippen LogP contribution in [0.1, 0.15) is 16.1 Å². The minimum absolute atomic E-state index is 0.227. The maximum atomic E-state index is 12.0. The largest absolute Gasteiger partial charge is 0.347 e. The highest BCUT2D eigenvalue weighted by molar-refractivity contribution is 7.14. The molecule has 0 unspecified atom stereocenters. The first-order valence-electron chi connectivity index (χ1n) is 6.48. The highest BCUT2D eigenvalue weighted by atomic mass is 32.1. The van der Waals surface area contributed by atoms with Crippen molar-refractivity contribution in [2.45, 2.75) is 6.54 Å². The van der Waals surface area contributed by atoms with Gasteiger partial charge < -0.3 is 10.6 Å². The fraction of sp³-hybridized carbons (Fsp3) is 0.0714. The normalized spacial score (nSPS) is 10.2. The molecule has 0 aromatic carbocycles. The van der Waals surface area contributed by atoms with Crippen molar-refractivity contribution in [3.05, 3.63) is 59.6 Å². The van der Waals surface area contributed by atoms with Gasteiger partial charge in [-0.25, -0.2) is 15.0 Å². The van der Waals surface area contributed by atoms with Gasteiger partial charge in [0.05, 0.1) is 0 Å². The summed E-state index contributed by atoms with van der Waals surface area (Å²) in [5, 5.41) is 8.02. The van der Waals surface area contributed by atoms with E-state index in [9.17, 15) is 4.79 Å². The van der Waals surface area contributed by atoms with Gasteiger partial charge in [0.1, 0.15) is 5.69 Å². The molecule has 3 aromatic rings. The quantitative estimate of drug-likeness (QED) is 0.748. The zero-order chi connectivity index (χ0) is 15.2. The lowest BCUT2D eigenvalue weighted by molar-refractivity contribution is 0.0946. The summed E-state index contributed by atoms with van der Waals surface area (Å²) >= 11 is 1.32. The number of carbonyl (C=O) groups is 1. The Labute approximate surface area is 130 Å². The highest BCUT2D eigenvalue weighted by Gasteiger charge is 2.11. The van der Waals surface area contributed by atoms with Crippen LogP contribution in [0.25, 0.3) is 0 Å². The van der Waals surface area contributed by atoms with E-state index in [1.807, 2.05) is 12.1 Å². The molecule has 0 radical (unpaired) electrons. The number of nitrogens with zero attached hydrogens (tertiary/aromatic N) is 4. The smallest absolute Gasteiger partial charge is 0.271 e. The van der Waals surface area contributed by atoms with Crippen LogP contribution in [0.3, 0.4) is 0 Å². The average Bonchev–Trinajstić information content (AvgIpc) is 3.03. The van der Waals surface area contributed by atoms with E-state index in [2.05, 4.69) is 30.6 Å². The van der Waals surface area contributed by atoms with Crippen molar-refractivity contribution in [2.75, 3.05) is 5.32 Å². The molecule has 0 atom stereocenters. The minimum Gasteiger partial charge on any atom is -0.347 e. The van der Waals surface area contributed by atoms with Crippen LogP contribution in [-0.4, -0.2) is 25.8 Å². The van der Waals surface area contributed by atoms with Gasteiger partial charge in [-0.05, 0) is 23.8 Å². The summed E-state index contributed by atoms with van der Waals surface area (Å²) in [5.74, 6) is 0.218. The van der Waals surface area contributed by atoms with Gasteiger partial charge >= 0.3 is 0 Å². The number of hydrogen-bond acceptors (Lipinski definition) is 7. The molecule has 0 bridgehead atoms. The van der Waals surface area contributed by atoms with Gasteiger partial charge in [0.25, 0.3) is 5.91 Å². The molecule has 8 heteroatoms. The molecule has 0 aliphatic rings. The second kappa shape index (κ2) is 6.72. The average molecular weight is 312 g/mol. The van der Waals surface area contributed by atoms with Gasteiger partial charge in [0.2, 0.25) is 5.95 Å². The number of nitrogens with one attached hydrogen (secondary N) is 2. The van der Waals surface area contributed by atoms with Crippen molar-refractivity contribution in [2.24, 2.45) is 0 Å². The lowest BCUT2D eigenvalue weighted by Gasteiger charge is -2.02. The molecule has 0 aliphatic heterocycles. The molecule has 0 fully saturated rings. The third-order valence-corrected chi connectivity index (χ3v) is 3.48. The highest BCUT2D eigenvalue weighted by Crippen LogP contribution is 2.18. The summed E-state index contributed by atoms with van der Waals surface area (Å²) in [7, 11) is 0. The van der Waals surface area contributed by atoms with E-state index in [0.717, 1.165) is 5.56 Å². The maximum absolute atomic E-state index is 12.0. The Morgan fingerprint density at radius 1 is 1.14 bits per heavy atom. The molecule has 7 nitrogen and oxygen atoms in total. The summed E-state index contributed by atoms with van der Waals surface area (Å²) in [6.45, 7) is 0.434. The summed E-state index contributed by atoms with van der Waals surface area (Å²) in [6.07, 6.45) is 6.63. The number of hydrogen-bond donors (Lipinski definition) is 2. The van der Waals surface area contributed by atoms with Crippen molar-refractivity contribution >= 4 is 28.3 Å². The summed E-state index contributed by atoms with van der Waals surface area (Å²) < 4.78 is 0. The SMILES string of the molecule is O=C(NCc1ccncc1)c1csc(Nc2ncccn2)n1. The Hall–Kier alpha value is -2.87.